The zero-order chi connectivity index (χ0) is 24.4. The number of ether oxygens (including phenoxy) is 3. The molecule has 1 unspecified atom stereocenters. The minimum Gasteiger partial charge on any atom is -0.493 e. The average Bonchev–Trinajstić information content (AvgIpc) is 2.81. The monoisotopic (exact) mass is 485 g/mol. The third-order valence-corrected chi connectivity index (χ3v) is 7.10. The van der Waals surface area contributed by atoms with E-state index in [-0.39, 0.29) is 11.3 Å². The fourth-order valence-electron chi connectivity index (χ4n) is 4.50. The highest BCUT2D eigenvalue weighted by Gasteiger charge is 2.38. The van der Waals surface area contributed by atoms with Crippen LogP contribution in [0.4, 0.5) is 5.82 Å². The van der Waals surface area contributed by atoms with Crippen molar-refractivity contribution in [3.8, 4) is 17.2 Å². The molecule has 182 valence electrons. The molecule has 1 aliphatic carbocycles. The molecule has 8 nitrogen and oxygen atoms in total. The maximum absolute atomic E-state index is 13.4. The smallest absolute Gasteiger partial charge is 0.257 e. The van der Waals surface area contributed by atoms with Crippen LogP contribution in [-0.2, 0) is 4.79 Å². The lowest BCUT2D eigenvalue weighted by molar-refractivity contribution is -0.116. The van der Waals surface area contributed by atoms with E-state index < -0.39 is 5.92 Å². The Balaban J connectivity index is 1.87. The van der Waals surface area contributed by atoms with E-state index in [4.69, 9.17) is 19.2 Å². The summed E-state index contributed by atoms with van der Waals surface area (Å²) in [6.07, 6.45) is 2.97. The van der Waals surface area contributed by atoms with Crippen molar-refractivity contribution in [2.75, 3.05) is 32.4 Å². The lowest BCUT2D eigenvalue weighted by atomic mass is 9.76. The first-order chi connectivity index (χ1) is 16.4. The number of nitrogens with one attached hydrogen (secondary N) is 2. The van der Waals surface area contributed by atoms with Gasteiger partial charge in [-0.15, -0.1) is 0 Å². The molecule has 0 amide bonds. The zero-order valence-electron chi connectivity index (χ0n) is 20.2. The van der Waals surface area contributed by atoms with Crippen LogP contribution in [0.1, 0.15) is 56.6 Å². The van der Waals surface area contributed by atoms with E-state index in [0.29, 0.717) is 57.3 Å². The molecular weight excluding hydrogens is 454 g/mol. The van der Waals surface area contributed by atoms with Gasteiger partial charge in [-0.25, -0.2) is 4.98 Å². The molecule has 0 radical (unpaired) electrons. The fraction of sp³-hybridized carbons (Fsp3) is 0.480. The van der Waals surface area contributed by atoms with Crippen molar-refractivity contribution in [2.45, 2.75) is 50.6 Å². The Bertz CT molecular complexity index is 1160. The van der Waals surface area contributed by atoms with Gasteiger partial charge in [-0.05, 0) is 42.9 Å². The van der Waals surface area contributed by atoms with Gasteiger partial charge in [0.15, 0.2) is 22.4 Å². The minimum atomic E-state index is -0.585. The van der Waals surface area contributed by atoms with Crippen molar-refractivity contribution in [3.05, 3.63) is 44.9 Å². The summed E-state index contributed by atoms with van der Waals surface area (Å²) < 4.78 is 16.6. The lowest BCUT2D eigenvalue weighted by Gasteiger charge is -2.33. The first kappa shape index (κ1) is 24.2. The van der Waals surface area contributed by atoms with Gasteiger partial charge in [-0.1, -0.05) is 25.6 Å². The molecule has 2 N–H and O–H groups in total. The predicted molar refractivity (Wildman–Crippen MR) is 132 cm³/mol. The molecule has 9 heteroatoms. The van der Waals surface area contributed by atoms with Gasteiger partial charge >= 0.3 is 0 Å². The highest BCUT2D eigenvalue weighted by molar-refractivity contribution is 7.99. The lowest BCUT2D eigenvalue weighted by Crippen LogP contribution is -2.32. The largest absolute Gasteiger partial charge is 0.493 e. The summed E-state index contributed by atoms with van der Waals surface area (Å²) in [5, 5.41) is 3.89. The first-order valence-corrected chi connectivity index (χ1v) is 12.5. The number of fused-ring (bicyclic) bond motifs is 1. The number of aromatic amines is 1. The van der Waals surface area contributed by atoms with E-state index in [1.54, 1.807) is 26.4 Å². The number of carbonyl (C=O) groups excluding carboxylic acids is 1. The van der Waals surface area contributed by atoms with Gasteiger partial charge in [-0.3, -0.25) is 9.59 Å². The highest BCUT2D eigenvalue weighted by atomic mass is 32.2. The number of anilines is 1. The number of methoxy groups -OCH3 is 3. The molecule has 2 aliphatic rings. The normalized spacial score (nSPS) is 17.2. The number of hydrogen-bond donors (Lipinski definition) is 2. The van der Waals surface area contributed by atoms with E-state index in [1.807, 2.05) is 0 Å². The van der Waals surface area contributed by atoms with Crippen LogP contribution in [-0.4, -0.2) is 42.8 Å². The van der Waals surface area contributed by atoms with Crippen molar-refractivity contribution in [2.24, 2.45) is 5.92 Å². The predicted octanol–water partition coefficient (Wildman–Crippen LogP) is 4.50. The Morgan fingerprint density at radius 1 is 1.09 bits per heavy atom. The number of rotatable bonds is 8. The van der Waals surface area contributed by atoms with Crippen LogP contribution in [0.15, 0.2) is 33.4 Å². The number of Topliss-reactive ketones (excluding diaryl/α,β-unsaturated/α-hetero) is 1. The van der Waals surface area contributed by atoms with Crippen molar-refractivity contribution >= 4 is 23.4 Å². The number of carbonyl (C=O) groups is 1. The number of H-pyrrole nitrogens is 1. The summed E-state index contributed by atoms with van der Waals surface area (Å²) in [4.78, 5) is 34.2. The molecule has 34 heavy (non-hydrogen) atoms. The summed E-state index contributed by atoms with van der Waals surface area (Å²) in [7, 11) is 4.63. The van der Waals surface area contributed by atoms with Crippen LogP contribution in [0.25, 0.3) is 0 Å². The van der Waals surface area contributed by atoms with Crippen LogP contribution in [0.3, 0.4) is 0 Å². The molecule has 0 bridgehead atoms. The van der Waals surface area contributed by atoms with Crippen LogP contribution < -0.4 is 25.1 Å². The van der Waals surface area contributed by atoms with Gasteiger partial charge in [0.25, 0.3) is 5.56 Å². The summed E-state index contributed by atoms with van der Waals surface area (Å²) >= 11 is 1.53. The molecule has 1 aromatic carbocycles. The van der Waals surface area contributed by atoms with E-state index in [2.05, 4.69) is 24.1 Å². The number of nitrogens with zero attached hydrogens (tertiary/aromatic N) is 1. The second kappa shape index (κ2) is 10.1. The fourth-order valence-corrected chi connectivity index (χ4v) is 5.60. The number of benzene rings is 1. The molecule has 4 rings (SSSR count). The number of thioether (sulfide) groups is 1. The van der Waals surface area contributed by atoms with Crippen LogP contribution in [0.2, 0.25) is 0 Å². The standard InChI is InChI=1S/C25H31N3O5S/c1-13(2)9-10-34-25-27-23-21(24(30)28-25)19(20-15(26-23)7-6-8-16(20)29)14-11-17(31-3)22(33-5)18(12-14)32-4/h11-13,19H,6-10H2,1-5H3,(H2,26,27,28,30). The van der Waals surface area contributed by atoms with Gasteiger partial charge in [0.1, 0.15) is 5.82 Å². The van der Waals surface area contributed by atoms with E-state index >= 15 is 0 Å². The van der Waals surface area contributed by atoms with Crippen LogP contribution in [0.5, 0.6) is 17.2 Å². The van der Waals surface area contributed by atoms with Crippen LogP contribution in [0, 0.1) is 5.92 Å². The van der Waals surface area contributed by atoms with Crippen molar-refractivity contribution in [1.29, 1.82) is 0 Å². The van der Waals surface area contributed by atoms with Gasteiger partial charge in [-0.2, -0.15) is 0 Å². The van der Waals surface area contributed by atoms with Crippen molar-refractivity contribution < 1.29 is 19.0 Å². The van der Waals surface area contributed by atoms with E-state index in [1.165, 1.54) is 18.9 Å². The summed E-state index contributed by atoms with van der Waals surface area (Å²) in [5.41, 5.74) is 2.33. The third kappa shape index (κ3) is 4.53. The van der Waals surface area contributed by atoms with E-state index in [0.717, 1.165) is 30.7 Å². The summed E-state index contributed by atoms with van der Waals surface area (Å²) in [5.74, 6) is 2.77. The number of aromatic nitrogens is 2. The second-order valence-corrected chi connectivity index (χ2v) is 9.93. The maximum atomic E-state index is 13.4. The van der Waals surface area contributed by atoms with Gasteiger partial charge < -0.3 is 24.5 Å². The molecule has 1 aliphatic heterocycles. The molecule has 1 aromatic heterocycles. The Hall–Kier alpha value is -2.94. The van der Waals surface area contributed by atoms with Crippen molar-refractivity contribution in [3.63, 3.8) is 0 Å². The minimum absolute atomic E-state index is 0.0351. The van der Waals surface area contributed by atoms with Gasteiger partial charge in [0.2, 0.25) is 5.75 Å². The molecule has 2 aromatic rings. The molecular formula is C25H31N3O5S. The Labute approximate surface area is 203 Å². The molecule has 2 heterocycles. The molecule has 0 saturated carbocycles. The Morgan fingerprint density at radius 2 is 1.79 bits per heavy atom. The topological polar surface area (TPSA) is 103 Å². The molecule has 0 saturated heterocycles. The Kier molecular flexibility index (Phi) is 7.21. The SMILES string of the molecule is COc1cc(C2C3=C(CCCC3=O)Nc3nc(SCCC(C)C)[nH]c(=O)c32)cc(OC)c1OC. The number of ketones is 1. The zero-order valence-corrected chi connectivity index (χ0v) is 21.1. The van der Waals surface area contributed by atoms with Crippen LogP contribution >= 0.6 is 11.8 Å². The highest BCUT2D eigenvalue weighted by Crippen LogP contribution is 2.47. The summed E-state index contributed by atoms with van der Waals surface area (Å²) in [6, 6.07) is 3.61. The average molecular weight is 486 g/mol. The second-order valence-electron chi connectivity index (χ2n) is 8.85. The summed E-state index contributed by atoms with van der Waals surface area (Å²) in [6.45, 7) is 4.34. The molecule has 0 fully saturated rings. The molecule has 0 spiro atoms. The number of hydrogen-bond acceptors (Lipinski definition) is 8. The Morgan fingerprint density at radius 3 is 2.41 bits per heavy atom. The van der Waals surface area contributed by atoms with E-state index in [9.17, 15) is 9.59 Å². The van der Waals surface area contributed by atoms with Gasteiger partial charge in [0.05, 0.1) is 26.9 Å². The first-order valence-electron chi connectivity index (χ1n) is 11.5. The van der Waals surface area contributed by atoms with Gasteiger partial charge in [0, 0.05) is 29.4 Å². The third-order valence-electron chi connectivity index (χ3n) is 6.19. The number of allylic oxidation sites excluding steroid dienone is 2. The molecule has 1 atom stereocenters. The van der Waals surface area contributed by atoms with Crippen molar-refractivity contribution in [1.82, 2.24) is 9.97 Å². The quantitative estimate of drug-likeness (QED) is 0.416. The maximum Gasteiger partial charge on any atom is 0.257 e.